The van der Waals surface area contributed by atoms with Crippen LogP contribution in [-0.4, -0.2) is 45.9 Å². The lowest BCUT2D eigenvalue weighted by molar-refractivity contribution is -0.123. The molecule has 0 aliphatic rings. The van der Waals surface area contributed by atoms with E-state index in [2.05, 4.69) is 20.6 Å². The smallest absolute Gasteiger partial charge is 0.354 e. The minimum atomic E-state index is -1.25. The molecule has 1 rings (SSSR count). The maximum absolute atomic E-state index is 11.6. The van der Waals surface area contributed by atoms with Crippen molar-refractivity contribution in [1.29, 1.82) is 0 Å². The summed E-state index contributed by atoms with van der Waals surface area (Å²) in [4.78, 5) is 39.7. The number of carbonyl (C=O) groups is 3. The van der Waals surface area contributed by atoms with Gasteiger partial charge in [-0.1, -0.05) is 13.8 Å². The van der Waals surface area contributed by atoms with E-state index in [1.165, 1.54) is 0 Å². The molecule has 0 atom stereocenters. The van der Waals surface area contributed by atoms with Gasteiger partial charge < -0.3 is 20.7 Å². The van der Waals surface area contributed by atoms with E-state index in [0.717, 1.165) is 6.33 Å². The van der Waals surface area contributed by atoms with Crippen molar-refractivity contribution in [3.8, 4) is 0 Å². The Morgan fingerprint density at radius 2 is 1.95 bits per heavy atom. The molecule has 0 unspecified atom stereocenters. The first-order valence-corrected chi connectivity index (χ1v) is 5.76. The molecular weight excluding hydrogens is 252 g/mol. The van der Waals surface area contributed by atoms with Gasteiger partial charge in [-0.25, -0.2) is 9.78 Å². The van der Waals surface area contributed by atoms with Gasteiger partial charge in [-0.15, -0.1) is 0 Å². The number of hydrogen-bond acceptors (Lipinski definition) is 4. The molecule has 0 saturated carbocycles. The first-order valence-electron chi connectivity index (χ1n) is 5.76. The molecule has 0 aromatic carbocycles. The molecule has 0 aliphatic heterocycles. The lowest BCUT2D eigenvalue weighted by atomic mass is 10.2. The van der Waals surface area contributed by atoms with E-state index in [1.807, 2.05) is 0 Å². The highest BCUT2D eigenvalue weighted by atomic mass is 16.4. The fraction of sp³-hybridized carbons (Fsp3) is 0.455. The van der Waals surface area contributed by atoms with Gasteiger partial charge in [0, 0.05) is 19.0 Å². The zero-order valence-corrected chi connectivity index (χ0v) is 10.7. The Balaban J connectivity index is 2.42. The topological polar surface area (TPSA) is 124 Å². The Hall–Kier alpha value is -2.38. The van der Waals surface area contributed by atoms with E-state index < -0.39 is 11.9 Å². The minimum Gasteiger partial charge on any atom is -0.477 e. The number of amides is 2. The molecule has 0 fully saturated rings. The zero-order chi connectivity index (χ0) is 14.4. The van der Waals surface area contributed by atoms with E-state index in [0.29, 0.717) is 0 Å². The molecule has 0 radical (unpaired) electrons. The van der Waals surface area contributed by atoms with Gasteiger partial charge in [-0.2, -0.15) is 0 Å². The quantitative estimate of drug-likeness (QED) is 0.523. The van der Waals surface area contributed by atoms with Crippen molar-refractivity contribution < 1.29 is 19.5 Å². The molecule has 0 bridgehead atoms. The third kappa shape index (κ3) is 4.09. The van der Waals surface area contributed by atoms with Crippen LogP contribution in [0.2, 0.25) is 0 Å². The van der Waals surface area contributed by atoms with E-state index in [4.69, 9.17) is 5.11 Å². The van der Waals surface area contributed by atoms with Crippen molar-refractivity contribution in [2.45, 2.75) is 13.8 Å². The lowest BCUT2D eigenvalue weighted by Crippen LogP contribution is -2.36. The van der Waals surface area contributed by atoms with E-state index in [-0.39, 0.29) is 36.3 Å². The summed E-state index contributed by atoms with van der Waals surface area (Å²) in [5.74, 6) is -2.09. The molecule has 1 aromatic heterocycles. The monoisotopic (exact) mass is 268 g/mol. The van der Waals surface area contributed by atoms with Gasteiger partial charge in [0.15, 0.2) is 11.4 Å². The zero-order valence-electron chi connectivity index (χ0n) is 10.7. The fourth-order valence-electron chi connectivity index (χ4n) is 1.28. The van der Waals surface area contributed by atoms with Crippen LogP contribution in [0.4, 0.5) is 0 Å². The number of nitrogens with one attached hydrogen (secondary N) is 3. The van der Waals surface area contributed by atoms with Crippen molar-refractivity contribution in [3.05, 3.63) is 17.7 Å². The number of rotatable bonds is 6. The second-order valence-electron chi connectivity index (χ2n) is 4.13. The van der Waals surface area contributed by atoms with Crippen LogP contribution in [-0.2, 0) is 4.79 Å². The number of aromatic carboxylic acids is 1. The highest BCUT2D eigenvalue weighted by Crippen LogP contribution is 2.01. The van der Waals surface area contributed by atoms with Gasteiger partial charge in [0.2, 0.25) is 5.91 Å². The predicted octanol–water partition coefficient (Wildman–Crippen LogP) is -0.390. The predicted molar refractivity (Wildman–Crippen MR) is 65.7 cm³/mol. The molecule has 19 heavy (non-hydrogen) atoms. The highest BCUT2D eigenvalue weighted by molar-refractivity contribution is 6.02. The molecule has 0 saturated heterocycles. The number of carbonyl (C=O) groups excluding carboxylic acids is 2. The molecule has 4 N–H and O–H groups in total. The van der Waals surface area contributed by atoms with Crippen LogP contribution >= 0.6 is 0 Å². The van der Waals surface area contributed by atoms with Crippen LogP contribution in [0.3, 0.4) is 0 Å². The molecule has 0 spiro atoms. The summed E-state index contributed by atoms with van der Waals surface area (Å²) < 4.78 is 0. The van der Waals surface area contributed by atoms with Crippen LogP contribution in [0.5, 0.6) is 0 Å². The second-order valence-corrected chi connectivity index (χ2v) is 4.13. The van der Waals surface area contributed by atoms with Gasteiger partial charge >= 0.3 is 5.97 Å². The van der Waals surface area contributed by atoms with Crippen molar-refractivity contribution in [2.75, 3.05) is 13.1 Å². The number of hydrogen-bond donors (Lipinski definition) is 4. The summed E-state index contributed by atoms with van der Waals surface area (Å²) in [5, 5.41) is 13.9. The fourth-order valence-corrected chi connectivity index (χ4v) is 1.28. The summed E-state index contributed by atoms with van der Waals surface area (Å²) >= 11 is 0. The Kier molecular flexibility index (Phi) is 5.04. The number of aromatic amines is 1. The van der Waals surface area contributed by atoms with Crippen molar-refractivity contribution in [1.82, 2.24) is 20.6 Å². The van der Waals surface area contributed by atoms with Crippen LogP contribution in [0.25, 0.3) is 0 Å². The maximum atomic E-state index is 11.6. The minimum absolute atomic E-state index is 0.111. The maximum Gasteiger partial charge on any atom is 0.354 e. The van der Waals surface area contributed by atoms with Crippen molar-refractivity contribution in [2.24, 2.45) is 5.92 Å². The molecule has 8 heteroatoms. The van der Waals surface area contributed by atoms with Crippen LogP contribution in [0.15, 0.2) is 6.33 Å². The summed E-state index contributed by atoms with van der Waals surface area (Å²) in [5.41, 5.74) is -0.439. The van der Waals surface area contributed by atoms with Gasteiger partial charge in [0.05, 0.1) is 6.33 Å². The number of H-pyrrole nitrogens is 1. The number of nitrogens with zero attached hydrogens (tertiary/aromatic N) is 1. The lowest BCUT2D eigenvalue weighted by Gasteiger charge is -2.08. The number of aromatic nitrogens is 2. The second kappa shape index (κ2) is 6.53. The Morgan fingerprint density at radius 3 is 2.53 bits per heavy atom. The third-order valence-corrected chi connectivity index (χ3v) is 2.30. The molecule has 2 amide bonds. The summed E-state index contributed by atoms with van der Waals surface area (Å²) in [6.45, 7) is 3.99. The Morgan fingerprint density at radius 1 is 1.32 bits per heavy atom. The van der Waals surface area contributed by atoms with Crippen LogP contribution in [0, 0.1) is 5.92 Å². The van der Waals surface area contributed by atoms with Gasteiger partial charge in [0.25, 0.3) is 5.91 Å². The van der Waals surface area contributed by atoms with Crippen molar-refractivity contribution in [3.63, 3.8) is 0 Å². The molecule has 1 aromatic rings. The van der Waals surface area contributed by atoms with E-state index >= 15 is 0 Å². The summed E-state index contributed by atoms with van der Waals surface area (Å²) in [7, 11) is 0. The first kappa shape index (κ1) is 14.7. The Bertz CT molecular complexity index is 481. The normalized spacial score (nSPS) is 10.3. The molecule has 0 aliphatic carbocycles. The SMILES string of the molecule is CC(C)C(=O)NCCNC(=O)c1nc[nH]c1C(=O)O. The Labute approximate surface area is 109 Å². The van der Waals surface area contributed by atoms with E-state index in [9.17, 15) is 14.4 Å². The number of carboxylic acids is 1. The van der Waals surface area contributed by atoms with Crippen LogP contribution < -0.4 is 10.6 Å². The summed E-state index contributed by atoms with van der Waals surface area (Å²) in [6.07, 6.45) is 1.14. The summed E-state index contributed by atoms with van der Waals surface area (Å²) in [6, 6.07) is 0. The number of carboxylic acid groups (broad SMARTS) is 1. The molecule has 1 heterocycles. The third-order valence-electron chi connectivity index (χ3n) is 2.30. The van der Waals surface area contributed by atoms with E-state index in [1.54, 1.807) is 13.8 Å². The average molecular weight is 268 g/mol. The largest absolute Gasteiger partial charge is 0.477 e. The first-order chi connectivity index (χ1) is 8.93. The number of imidazole rings is 1. The average Bonchev–Trinajstić information content (AvgIpc) is 2.83. The molecule has 8 nitrogen and oxygen atoms in total. The van der Waals surface area contributed by atoms with Crippen LogP contribution in [0.1, 0.15) is 34.8 Å². The van der Waals surface area contributed by atoms with Gasteiger partial charge in [0.1, 0.15) is 0 Å². The standard InChI is InChI=1S/C11H16N4O4/c1-6(2)9(16)12-3-4-13-10(17)7-8(11(18)19)15-5-14-7/h5-6H,3-4H2,1-2H3,(H,12,16)(H,13,17)(H,14,15)(H,18,19). The van der Waals surface area contributed by atoms with Gasteiger partial charge in [-0.05, 0) is 0 Å². The van der Waals surface area contributed by atoms with Crippen molar-refractivity contribution >= 4 is 17.8 Å². The highest BCUT2D eigenvalue weighted by Gasteiger charge is 2.19. The molecule has 104 valence electrons. The molecular formula is C11H16N4O4. The van der Waals surface area contributed by atoms with Gasteiger partial charge in [-0.3, -0.25) is 9.59 Å².